The smallest absolute Gasteiger partial charge is 0.240 e. The molecule has 6 nitrogen and oxygen atoms in total. The first-order chi connectivity index (χ1) is 9.58. The van der Waals surface area contributed by atoms with Crippen LogP contribution in [-0.2, 0) is 9.53 Å². The number of amides is 1. The van der Waals surface area contributed by atoms with Crippen LogP contribution in [0.25, 0.3) is 0 Å². The van der Waals surface area contributed by atoms with Crippen LogP contribution in [0.1, 0.15) is 38.8 Å². The van der Waals surface area contributed by atoms with Gasteiger partial charge in [0.1, 0.15) is 0 Å². The fraction of sp³-hybridized carbons (Fsp3) is 0.714. The Morgan fingerprint density at radius 2 is 2.40 bits per heavy atom. The Bertz CT molecular complexity index is 445. The number of carbonyl (C=O) groups is 1. The number of hydrogen-bond acceptors (Lipinski definition) is 5. The van der Waals surface area contributed by atoms with Crippen molar-refractivity contribution in [2.45, 2.75) is 39.2 Å². The Balaban J connectivity index is 1.82. The molecule has 1 amide bonds. The molecule has 6 heteroatoms. The molecular formula is C14H23N3O3. The number of rotatable bonds is 5. The lowest BCUT2D eigenvalue weighted by Gasteiger charge is -2.31. The fourth-order valence-electron chi connectivity index (χ4n) is 2.17. The quantitative estimate of drug-likeness (QED) is 0.892. The van der Waals surface area contributed by atoms with E-state index in [0.29, 0.717) is 19.0 Å². The molecule has 1 atom stereocenters. The second-order valence-electron chi connectivity index (χ2n) is 5.46. The van der Waals surface area contributed by atoms with E-state index in [2.05, 4.69) is 22.3 Å². The highest BCUT2D eigenvalue weighted by Gasteiger charge is 2.21. The summed E-state index contributed by atoms with van der Waals surface area (Å²) in [5, 5.41) is 6.66. The summed E-state index contributed by atoms with van der Waals surface area (Å²) < 4.78 is 10.7. The van der Waals surface area contributed by atoms with E-state index < -0.39 is 0 Å². The van der Waals surface area contributed by atoms with E-state index in [-0.39, 0.29) is 17.9 Å². The number of carbonyl (C=O) groups excluding carboxylic acids is 1. The summed E-state index contributed by atoms with van der Waals surface area (Å²) in [6.07, 6.45) is 1.20. The summed E-state index contributed by atoms with van der Waals surface area (Å²) in [5.74, 6) is 0.626. The third-order valence-corrected chi connectivity index (χ3v) is 3.43. The van der Waals surface area contributed by atoms with Gasteiger partial charge in [0, 0.05) is 19.2 Å². The molecule has 20 heavy (non-hydrogen) atoms. The van der Waals surface area contributed by atoms with E-state index in [0.717, 1.165) is 25.2 Å². The maximum atomic E-state index is 12.0. The summed E-state index contributed by atoms with van der Waals surface area (Å²) in [4.78, 5) is 14.1. The average Bonchev–Trinajstić information content (AvgIpc) is 2.87. The minimum atomic E-state index is -0.0757. The van der Waals surface area contributed by atoms with Gasteiger partial charge in [-0.2, -0.15) is 0 Å². The number of ether oxygens (including phenoxy) is 1. The molecule has 0 radical (unpaired) electrons. The minimum absolute atomic E-state index is 0.0757. The van der Waals surface area contributed by atoms with Gasteiger partial charge < -0.3 is 9.26 Å². The highest BCUT2D eigenvalue weighted by molar-refractivity contribution is 5.90. The molecule has 1 N–H and O–H groups in total. The predicted molar refractivity (Wildman–Crippen MR) is 75.7 cm³/mol. The van der Waals surface area contributed by atoms with Gasteiger partial charge in [0.05, 0.1) is 24.9 Å². The van der Waals surface area contributed by atoms with Gasteiger partial charge in [-0.1, -0.05) is 25.9 Å². The zero-order valence-corrected chi connectivity index (χ0v) is 12.4. The summed E-state index contributed by atoms with van der Waals surface area (Å²) in [5.41, 5.74) is 0.845. The topological polar surface area (TPSA) is 67.6 Å². The molecule has 0 aliphatic carbocycles. The van der Waals surface area contributed by atoms with Gasteiger partial charge in [0.2, 0.25) is 11.8 Å². The van der Waals surface area contributed by atoms with E-state index in [1.54, 1.807) is 6.07 Å². The summed E-state index contributed by atoms with van der Waals surface area (Å²) in [6, 6.07) is 1.77. The molecule has 1 aliphatic heterocycles. The van der Waals surface area contributed by atoms with Crippen LogP contribution in [0.5, 0.6) is 0 Å². The largest absolute Gasteiger partial charge is 0.376 e. The molecule has 2 heterocycles. The number of anilines is 1. The van der Waals surface area contributed by atoms with E-state index in [4.69, 9.17) is 9.26 Å². The molecule has 1 saturated heterocycles. The van der Waals surface area contributed by atoms with Gasteiger partial charge in [-0.3, -0.25) is 15.0 Å². The molecular weight excluding hydrogens is 258 g/mol. The first-order valence-corrected chi connectivity index (χ1v) is 7.19. The van der Waals surface area contributed by atoms with Crippen molar-refractivity contribution in [3.05, 3.63) is 11.8 Å². The number of morpholine rings is 1. The summed E-state index contributed by atoms with van der Waals surface area (Å²) in [7, 11) is 0. The maximum Gasteiger partial charge on any atom is 0.240 e. The van der Waals surface area contributed by atoms with Crippen molar-refractivity contribution < 1.29 is 14.1 Å². The van der Waals surface area contributed by atoms with E-state index in [1.807, 2.05) is 13.8 Å². The van der Waals surface area contributed by atoms with Crippen molar-refractivity contribution in [3.63, 3.8) is 0 Å². The Labute approximate surface area is 119 Å². The van der Waals surface area contributed by atoms with Crippen LogP contribution < -0.4 is 5.32 Å². The molecule has 1 unspecified atom stereocenters. The normalized spacial score (nSPS) is 20.3. The van der Waals surface area contributed by atoms with Crippen LogP contribution in [0.2, 0.25) is 0 Å². The molecule has 0 aromatic carbocycles. The van der Waals surface area contributed by atoms with E-state index in [9.17, 15) is 4.79 Å². The third kappa shape index (κ3) is 4.05. The van der Waals surface area contributed by atoms with Gasteiger partial charge >= 0.3 is 0 Å². The number of nitrogens with zero attached hydrogens (tertiary/aromatic N) is 2. The van der Waals surface area contributed by atoms with Gasteiger partial charge in [0.25, 0.3) is 0 Å². The molecule has 0 saturated carbocycles. The summed E-state index contributed by atoms with van der Waals surface area (Å²) in [6.45, 7) is 8.79. The Morgan fingerprint density at radius 1 is 1.60 bits per heavy atom. The first-order valence-electron chi connectivity index (χ1n) is 7.19. The average molecular weight is 281 g/mol. The number of nitrogens with one attached hydrogen (secondary N) is 1. The van der Waals surface area contributed by atoms with Crippen molar-refractivity contribution >= 4 is 11.8 Å². The lowest BCUT2D eigenvalue weighted by atomic mass is 10.1. The first kappa shape index (κ1) is 15.0. The highest BCUT2D eigenvalue weighted by Crippen LogP contribution is 2.17. The van der Waals surface area contributed by atoms with Crippen molar-refractivity contribution in [2.75, 3.05) is 31.6 Å². The lowest BCUT2D eigenvalue weighted by Crippen LogP contribution is -2.45. The molecule has 1 aliphatic rings. The SMILES string of the molecule is CCC1CN(CC(=O)Nc2cc(C(C)C)no2)CCO1. The summed E-state index contributed by atoms with van der Waals surface area (Å²) >= 11 is 0. The van der Waals surface area contributed by atoms with Crippen molar-refractivity contribution in [3.8, 4) is 0 Å². The second kappa shape index (κ2) is 6.85. The number of aromatic nitrogens is 1. The second-order valence-corrected chi connectivity index (χ2v) is 5.46. The van der Waals surface area contributed by atoms with Gasteiger partial charge in [-0.25, -0.2) is 0 Å². The van der Waals surface area contributed by atoms with Gasteiger partial charge in [-0.15, -0.1) is 0 Å². The molecule has 0 bridgehead atoms. The predicted octanol–water partition coefficient (Wildman–Crippen LogP) is 1.85. The molecule has 1 aromatic rings. The Hall–Kier alpha value is -1.40. The van der Waals surface area contributed by atoms with Crippen LogP contribution in [0.4, 0.5) is 5.88 Å². The monoisotopic (exact) mass is 281 g/mol. The standard InChI is InChI=1S/C14H23N3O3/c1-4-11-8-17(5-6-19-11)9-13(18)15-14-7-12(10(2)3)16-20-14/h7,10-11H,4-6,8-9H2,1-3H3,(H,15,18). The van der Waals surface area contributed by atoms with Crippen molar-refractivity contribution in [1.29, 1.82) is 0 Å². The zero-order chi connectivity index (χ0) is 14.5. The van der Waals surface area contributed by atoms with Crippen molar-refractivity contribution in [1.82, 2.24) is 10.1 Å². The van der Waals surface area contributed by atoms with Crippen LogP contribution in [0.15, 0.2) is 10.6 Å². The molecule has 1 aromatic heterocycles. The van der Waals surface area contributed by atoms with Crippen LogP contribution in [0, 0.1) is 0 Å². The van der Waals surface area contributed by atoms with E-state index >= 15 is 0 Å². The Morgan fingerprint density at radius 3 is 3.05 bits per heavy atom. The highest BCUT2D eigenvalue weighted by atomic mass is 16.5. The molecule has 0 spiro atoms. The lowest BCUT2D eigenvalue weighted by molar-refractivity contribution is -0.119. The van der Waals surface area contributed by atoms with Crippen LogP contribution in [-0.4, -0.2) is 48.3 Å². The zero-order valence-electron chi connectivity index (χ0n) is 12.4. The minimum Gasteiger partial charge on any atom is -0.376 e. The Kier molecular flexibility index (Phi) is 5.14. The molecule has 2 rings (SSSR count). The fourth-order valence-corrected chi connectivity index (χ4v) is 2.17. The van der Waals surface area contributed by atoms with Crippen molar-refractivity contribution in [2.24, 2.45) is 0 Å². The number of hydrogen-bond donors (Lipinski definition) is 1. The maximum absolute atomic E-state index is 12.0. The molecule has 1 fully saturated rings. The van der Waals surface area contributed by atoms with Crippen LogP contribution in [0.3, 0.4) is 0 Å². The van der Waals surface area contributed by atoms with Gasteiger partial charge in [0.15, 0.2) is 0 Å². The van der Waals surface area contributed by atoms with E-state index in [1.165, 1.54) is 0 Å². The third-order valence-electron chi connectivity index (χ3n) is 3.43. The van der Waals surface area contributed by atoms with Gasteiger partial charge in [-0.05, 0) is 12.3 Å². The van der Waals surface area contributed by atoms with Crippen LogP contribution >= 0.6 is 0 Å². The molecule has 112 valence electrons.